The van der Waals surface area contributed by atoms with Gasteiger partial charge in [-0.2, -0.15) is 0 Å². The van der Waals surface area contributed by atoms with Crippen LogP contribution in [0.5, 0.6) is 0 Å². The molecular formula is C16H26N2. The molecule has 0 heterocycles. The smallest absolute Gasteiger partial charge is 0.0488 e. The van der Waals surface area contributed by atoms with Gasteiger partial charge in [0.25, 0.3) is 0 Å². The molecule has 2 heteroatoms. The third-order valence-corrected chi connectivity index (χ3v) is 4.21. The highest BCUT2D eigenvalue weighted by Gasteiger charge is 2.33. The van der Waals surface area contributed by atoms with Gasteiger partial charge in [-0.25, -0.2) is 0 Å². The van der Waals surface area contributed by atoms with Crippen LogP contribution in [-0.4, -0.2) is 0 Å². The van der Waals surface area contributed by atoms with Crippen LogP contribution in [-0.2, 0) is 5.41 Å². The molecule has 1 fully saturated rings. The minimum absolute atomic E-state index is 0.215. The van der Waals surface area contributed by atoms with Gasteiger partial charge in [-0.1, -0.05) is 52.0 Å². The lowest BCUT2D eigenvalue weighted by Crippen LogP contribution is -2.33. The van der Waals surface area contributed by atoms with Crippen molar-refractivity contribution in [3.05, 3.63) is 35.4 Å². The Morgan fingerprint density at radius 3 is 2.11 bits per heavy atom. The quantitative estimate of drug-likeness (QED) is 0.630. The Morgan fingerprint density at radius 1 is 1.17 bits per heavy atom. The number of benzene rings is 1. The number of hydrogen-bond donors (Lipinski definition) is 2. The standard InChI is InChI=1S/C16H26N2/c1-11(12-5-6-12)15(18-17)13-7-9-14(10-8-13)16(2,3)4/h7-12,15,18H,5-6,17H2,1-4H3. The van der Waals surface area contributed by atoms with Crippen LogP contribution >= 0.6 is 0 Å². The molecule has 0 aliphatic heterocycles. The maximum atomic E-state index is 5.75. The van der Waals surface area contributed by atoms with Crippen molar-refractivity contribution in [2.24, 2.45) is 17.7 Å². The SMILES string of the molecule is CC(C1CC1)C(NN)c1ccc(C(C)(C)C)cc1. The predicted octanol–water partition coefficient (Wildman–Crippen LogP) is 3.53. The van der Waals surface area contributed by atoms with Crippen molar-refractivity contribution in [1.29, 1.82) is 0 Å². The van der Waals surface area contributed by atoms with E-state index in [1.165, 1.54) is 24.0 Å². The number of hydrazine groups is 1. The molecule has 0 aromatic heterocycles. The largest absolute Gasteiger partial charge is 0.271 e. The van der Waals surface area contributed by atoms with Crippen molar-refractivity contribution in [3.63, 3.8) is 0 Å². The van der Waals surface area contributed by atoms with E-state index in [1.807, 2.05) is 0 Å². The first kappa shape index (κ1) is 13.6. The van der Waals surface area contributed by atoms with Crippen LogP contribution < -0.4 is 11.3 Å². The predicted molar refractivity (Wildman–Crippen MR) is 77.1 cm³/mol. The fourth-order valence-corrected chi connectivity index (χ4v) is 2.64. The highest BCUT2D eigenvalue weighted by molar-refractivity contribution is 5.29. The molecule has 0 bridgehead atoms. The molecule has 2 unspecified atom stereocenters. The normalized spacial score (nSPS) is 19.6. The monoisotopic (exact) mass is 246 g/mol. The highest BCUT2D eigenvalue weighted by atomic mass is 15.2. The molecule has 2 nitrogen and oxygen atoms in total. The number of nitrogens with one attached hydrogen (secondary N) is 1. The Hall–Kier alpha value is -0.860. The lowest BCUT2D eigenvalue weighted by atomic mass is 9.84. The van der Waals surface area contributed by atoms with Gasteiger partial charge in [-0.15, -0.1) is 0 Å². The summed E-state index contributed by atoms with van der Waals surface area (Å²) in [6, 6.07) is 9.21. The summed E-state index contributed by atoms with van der Waals surface area (Å²) in [6.07, 6.45) is 2.72. The molecule has 1 aliphatic rings. The van der Waals surface area contributed by atoms with Gasteiger partial charge in [0, 0.05) is 6.04 Å². The lowest BCUT2D eigenvalue weighted by molar-refractivity contribution is 0.354. The van der Waals surface area contributed by atoms with E-state index in [2.05, 4.69) is 57.4 Å². The minimum Gasteiger partial charge on any atom is -0.271 e. The zero-order valence-corrected chi connectivity index (χ0v) is 12.0. The average molecular weight is 246 g/mol. The van der Waals surface area contributed by atoms with E-state index < -0.39 is 0 Å². The molecule has 100 valence electrons. The Balaban J connectivity index is 2.16. The molecule has 1 aliphatic carbocycles. The van der Waals surface area contributed by atoms with Crippen LogP contribution in [0.1, 0.15) is 57.7 Å². The minimum atomic E-state index is 0.215. The van der Waals surface area contributed by atoms with Gasteiger partial charge in [0.15, 0.2) is 0 Å². The van der Waals surface area contributed by atoms with E-state index in [4.69, 9.17) is 5.84 Å². The second kappa shape index (κ2) is 5.02. The zero-order valence-electron chi connectivity index (χ0n) is 12.0. The number of hydrogen-bond acceptors (Lipinski definition) is 2. The molecule has 0 saturated heterocycles. The molecule has 2 atom stereocenters. The van der Waals surface area contributed by atoms with Gasteiger partial charge in [-0.3, -0.25) is 11.3 Å². The molecule has 2 rings (SSSR count). The van der Waals surface area contributed by atoms with Crippen molar-refractivity contribution in [2.75, 3.05) is 0 Å². The number of nitrogens with two attached hydrogens (primary N) is 1. The Bertz CT molecular complexity index is 385. The molecule has 3 N–H and O–H groups in total. The molecule has 0 spiro atoms. The van der Waals surface area contributed by atoms with Gasteiger partial charge in [-0.05, 0) is 41.2 Å². The topological polar surface area (TPSA) is 38.0 Å². The van der Waals surface area contributed by atoms with Crippen molar-refractivity contribution in [2.45, 2.75) is 52.0 Å². The second-order valence-corrected chi connectivity index (χ2v) is 6.71. The second-order valence-electron chi connectivity index (χ2n) is 6.71. The molecule has 0 radical (unpaired) electrons. The zero-order chi connectivity index (χ0) is 13.3. The van der Waals surface area contributed by atoms with Crippen LogP contribution in [0, 0.1) is 11.8 Å². The molecular weight excluding hydrogens is 220 g/mol. The fourth-order valence-electron chi connectivity index (χ4n) is 2.64. The van der Waals surface area contributed by atoms with Crippen molar-refractivity contribution < 1.29 is 0 Å². The Kier molecular flexibility index (Phi) is 3.79. The van der Waals surface area contributed by atoms with E-state index in [1.54, 1.807) is 0 Å². The van der Waals surface area contributed by atoms with E-state index >= 15 is 0 Å². The summed E-state index contributed by atoms with van der Waals surface area (Å²) >= 11 is 0. The molecule has 1 saturated carbocycles. The highest BCUT2D eigenvalue weighted by Crippen LogP contribution is 2.42. The van der Waals surface area contributed by atoms with Gasteiger partial charge in [0.1, 0.15) is 0 Å². The summed E-state index contributed by atoms with van der Waals surface area (Å²) in [7, 11) is 0. The van der Waals surface area contributed by atoms with Crippen LogP contribution in [0.25, 0.3) is 0 Å². The van der Waals surface area contributed by atoms with E-state index in [9.17, 15) is 0 Å². The van der Waals surface area contributed by atoms with Gasteiger partial charge < -0.3 is 0 Å². The summed E-state index contributed by atoms with van der Waals surface area (Å²) in [5.74, 6) is 7.22. The van der Waals surface area contributed by atoms with Gasteiger partial charge >= 0.3 is 0 Å². The first-order valence-electron chi connectivity index (χ1n) is 7.00. The van der Waals surface area contributed by atoms with Crippen molar-refractivity contribution >= 4 is 0 Å². The number of rotatable bonds is 4. The Labute approximate surface area is 111 Å². The molecule has 0 amide bonds. The fraction of sp³-hybridized carbons (Fsp3) is 0.625. The van der Waals surface area contributed by atoms with Crippen LogP contribution in [0.3, 0.4) is 0 Å². The van der Waals surface area contributed by atoms with E-state index in [0.717, 1.165) is 5.92 Å². The van der Waals surface area contributed by atoms with Crippen LogP contribution in [0.2, 0.25) is 0 Å². The first-order chi connectivity index (χ1) is 8.43. The maximum absolute atomic E-state index is 5.75. The summed E-state index contributed by atoms with van der Waals surface area (Å²) in [5.41, 5.74) is 5.90. The van der Waals surface area contributed by atoms with Crippen molar-refractivity contribution in [3.8, 4) is 0 Å². The van der Waals surface area contributed by atoms with Crippen LogP contribution in [0.4, 0.5) is 0 Å². The Morgan fingerprint density at radius 2 is 1.72 bits per heavy atom. The molecule has 1 aromatic rings. The lowest BCUT2D eigenvalue weighted by Gasteiger charge is -2.25. The summed E-state index contributed by atoms with van der Waals surface area (Å²) < 4.78 is 0. The van der Waals surface area contributed by atoms with Crippen molar-refractivity contribution in [1.82, 2.24) is 5.43 Å². The third kappa shape index (κ3) is 2.93. The average Bonchev–Trinajstić information content (AvgIpc) is 3.13. The first-order valence-corrected chi connectivity index (χ1v) is 7.00. The van der Waals surface area contributed by atoms with Crippen LogP contribution in [0.15, 0.2) is 24.3 Å². The third-order valence-electron chi connectivity index (χ3n) is 4.21. The summed E-state index contributed by atoms with van der Waals surface area (Å²) in [6.45, 7) is 9.04. The maximum Gasteiger partial charge on any atom is 0.0488 e. The van der Waals surface area contributed by atoms with E-state index in [0.29, 0.717) is 5.92 Å². The molecule has 18 heavy (non-hydrogen) atoms. The molecule has 1 aromatic carbocycles. The van der Waals surface area contributed by atoms with Gasteiger partial charge in [0.05, 0.1) is 0 Å². The van der Waals surface area contributed by atoms with Gasteiger partial charge in [0.2, 0.25) is 0 Å². The summed E-state index contributed by atoms with van der Waals surface area (Å²) in [4.78, 5) is 0. The summed E-state index contributed by atoms with van der Waals surface area (Å²) in [5, 5.41) is 0. The van der Waals surface area contributed by atoms with E-state index in [-0.39, 0.29) is 11.5 Å².